The van der Waals surface area contributed by atoms with E-state index in [-0.39, 0.29) is 22.5 Å². The number of ether oxygens (including phenoxy) is 1. The van der Waals surface area contributed by atoms with Crippen molar-refractivity contribution in [2.75, 3.05) is 12.4 Å². The van der Waals surface area contributed by atoms with Crippen molar-refractivity contribution >= 4 is 29.0 Å². The predicted molar refractivity (Wildman–Crippen MR) is 95.6 cm³/mol. The number of amides is 1. The first-order chi connectivity index (χ1) is 13.0. The minimum Gasteiger partial charge on any atom is -0.495 e. The highest BCUT2D eigenvalue weighted by Crippen LogP contribution is 2.31. The molecule has 3 aromatic rings. The molecule has 0 spiro atoms. The fraction of sp³-hybridized carbons (Fsp3) is 0.188. The summed E-state index contributed by atoms with van der Waals surface area (Å²) in [6.07, 6.45) is 1.48. The second-order valence-electron chi connectivity index (χ2n) is 5.24. The summed E-state index contributed by atoms with van der Waals surface area (Å²) >= 11 is 1.04. The number of benzene rings is 1. The van der Waals surface area contributed by atoms with Gasteiger partial charge in [-0.1, -0.05) is 11.8 Å². The summed E-state index contributed by atoms with van der Waals surface area (Å²) in [6.45, 7) is 1.64. The van der Waals surface area contributed by atoms with Crippen LogP contribution in [0.2, 0.25) is 0 Å². The first kappa shape index (κ1) is 18.5. The molecule has 11 heteroatoms. The van der Waals surface area contributed by atoms with Crippen molar-refractivity contribution < 1.29 is 23.3 Å². The Morgan fingerprint density at radius 2 is 2.19 bits per heavy atom. The molecule has 0 aliphatic rings. The first-order valence-electron chi connectivity index (χ1n) is 7.65. The molecule has 2 aromatic heterocycles. The maximum absolute atomic E-state index is 12.4. The maximum atomic E-state index is 12.4. The second kappa shape index (κ2) is 7.91. The number of hydrogen-bond donors (Lipinski definition) is 1. The Labute approximate surface area is 157 Å². The van der Waals surface area contributed by atoms with E-state index >= 15 is 0 Å². The van der Waals surface area contributed by atoms with Crippen LogP contribution in [-0.2, 0) is 4.79 Å². The zero-order chi connectivity index (χ0) is 19.4. The summed E-state index contributed by atoms with van der Waals surface area (Å²) in [5.41, 5.74) is 0.0392. The van der Waals surface area contributed by atoms with Crippen LogP contribution in [0.25, 0.3) is 11.7 Å². The number of nitro benzene ring substituents is 1. The number of hydrogen-bond acceptors (Lipinski definition) is 9. The molecular weight excluding hydrogens is 376 g/mol. The van der Waals surface area contributed by atoms with Gasteiger partial charge in [0.05, 0.1) is 29.2 Å². The van der Waals surface area contributed by atoms with Crippen LogP contribution in [0, 0.1) is 10.1 Å². The van der Waals surface area contributed by atoms with E-state index in [4.69, 9.17) is 13.6 Å². The van der Waals surface area contributed by atoms with Crippen LogP contribution in [0.4, 0.5) is 11.4 Å². The van der Waals surface area contributed by atoms with Crippen molar-refractivity contribution in [2.24, 2.45) is 0 Å². The van der Waals surface area contributed by atoms with Gasteiger partial charge in [-0.05, 0) is 25.1 Å². The predicted octanol–water partition coefficient (Wildman–Crippen LogP) is 3.37. The SMILES string of the molecule is COc1ccc([N+](=O)[O-])cc1NC(=O)[C@H](C)Sc1nnc(-c2ccco2)o1. The molecule has 0 bridgehead atoms. The monoisotopic (exact) mass is 390 g/mol. The van der Waals surface area contributed by atoms with Gasteiger partial charge in [-0.3, -0.25) is 14.9 Å². The van der Waals surface area contributed by atoms with E-state index in [1.807, 2.05) is 0 Å². The third-order valence-corrected chi connectivity index (χ3v) is 4.37. The lowest BCUT2D eigenvalue weighted by atomic mass is 10.2. The van der Waals surface area contributed by atoms with E-state index in [1.54, 1.807) is 19.1 Å². The minimum absolute atomic E-state index is 0.161. The Bertz CT molecular complexity index is 956. The second-order valence-corrected chi connectivity index (χ2v) is 6.53. The molecule has 0 radical (unpaired) electrons. The van der Waals surface area contributed by atoms with Crippen LogP contribution in [0.5, 0.6) is 5.75 Å². The number of methoxy groups -OCH3 is 1. The highest BCUT2D eigenvalue weighted by molar-refractivity contribution is 8.00. The number of non-ortho nitro benzene ring substituents is 1. The molecule has 0 aliphatic carbocycles. The number of nitrogens with zero attached hydrogens (tertiary/aromatic N) is 3. The Morgan fingerprint density at radius 1 is 1.37 bits per heavy atom. The van der Waals surface area contributed by atoms with Gasteiger partial charge in [-0.15, -0.1) is 10.2 Å². The topological polar surface area (TPSA) is 134 Å². The number of nitro groups is 1. The van der Waals surface area contributed by atoms with Crippen molar-refractivity contribution in [3.05, 3.63) is 46.7 Å². The fourth-order valence-electron chi connectivity index (χ4n) is 2.10. The van der Waals surface area contributed by atoms with Gasteiger partial charge in [0.25, 0.3) is 16.8 Å². The van der Waals surface area contributed by atoms with Gasteiger partial charge in [-0.25, -0.2) is 0 Å². The minimum atomic E-state index is -0.612. The molecule has 0 unspecified atom stereocenters. The van der Waals surface area contributed by atoms with Gasteiger partial charge in [0, 0.05) is 12.1 Å². The number of thioether (sulfide) groups is 1. The summed E-state index contributed by atoms with van der Waals surface area (Å²) in [5, 5.41) is 20.8. The Kier molecular flexibility index (Phi) is 5.41. The molecule has 1 amide bonds. The van der Waals surface area contributed by atoms with E-state index in [2.05, 4.69) is 15.5 Å². The molecular formula is C16H14N4O6S. The Morgan fingerprint density at radius 3 is 2.85 bits per heavy atom. The van der Waals surface area contributed by atoms with Crippen molar-refractivity contribution in [2.45, 2.75) is 17.4 Å². The molecule has 1 atom stereocenters. The zero-order valence-corrected chi connectivity index (χ0v) is 15.1. The number of aromatic nitrogens is 2. The quantitative estimate of drug-likeness (QED) is 0.366. The largest absolute Gasteiger partial charge is 0.495 e. The Hall–Kier alpha value is -3.34. The van der Waals surface area contributed by atoms with Crippen molar-refractivity contribution in [1.82, 2.24) is 10.2 Å². The molecule has 0 fully saturated rings. The molecule has 1 aromatic carbocycles. The van der Waals surface area contributed by atoms with Crippen molar-refractivity contribution in [1.29, 1.82) is 0 Å². The van der Waals surface area contributed by atoms with E-state index in [1.165, 1.54) is 31.6 Å². The number of rotatable bonds is 7. The van der Waals surface area contributed by atoms with Crippen LogP contribution in [0.15, 0.2) is 50.7 Å². The number of furan rings is 1. The van der Waals surface area contributed by atoms with Gasteiger partial charge in [0.2, 0.25) is 5.91 Å². The maximum Gasteiger partial charge on any atom is 0.284 e. The molecule has 140 valence electrons. The summed E-state index contributed by atoms with van der Waals surface area (Å²) in [7, 11) is 1.41. The van der Waals surface area contributed by atoms with Gasteiger partial charge < -0.3 is 18.9 Å². The van der Waals surface area contributed by atoms with Crippen LogP contribution >= 0.6 is 11.8 Å². The van der Waals surface area contributed by atoms with Crippen LogP contribution in [0.1, 0.15) is 6.92 Å². The lowest BCUT2D eigenvalue weighted by Crippen LogP contribution is -2.22. The number of nitrogens with one attached hydrogen (secondary N) is 1. The van der Waals surface area contributed by atoms with E-state index in [0.717, 1.165) is 11.8 Å². The third kappa shape index (κ3) is 4.26. The normalized spacial score (nSPS) is 11.8. The number of anilines is 1. The lowest BCUT2D eigenvalue weighted by Gasteiger charge is -2.12. The van der Waals surface area contributed by atoms with Crippen LogP contribution in [-0.4, -0.2) is 33.4 Å². The highest BCUT2D eigenvalue weighted by Gasteiger charge is 2.21. The first-order valence-corrected chi connectivity index (χ1v) is 8.53. The smallest absolute Gasteiger partial charge is 0.284 e. The molecule has 2 heterocycles. The number of carbonyl (C=O) groups is 1. The molecule has 0 saturated carbocycles. The highest BCUT2D eigenvalue weighted by atomic mass is 32.2. The summed E-state index contributed by atoms with van der Waals surface area (Å²) in [5.74, 6) is 0.531. The van der Waals surface area contributed by atoms with Crippen molar-refractivity contribution in [3.8, 4) is 17.4 Å². The molecule has 1 N–H and O–H groups in total. The summed E-state index contributed by atoms with van der Waals surface area (Å²) < 4.78 is 15.7. The lowest BCUT2D eigenvalue weighted by molar-refractivity contribution is -0.384. The summed E-state index contributed by atoms with van der Waals surface area (Å²) in [4.78, 5) is 22.8. The van der Waals surface area contributed by atoms with E-state index in [0.29, 0.717) is 11.5 Å². The zero-order valence-electron chi connectivity index (χ0n) is 14.2. The van der Waals surface area contributed by atoms with Gasteiger partial charge in [0.15, 0.2) is 5.76 Å². The molecule has 3 rings (SSSR count). The van der Waals surface area contributed by atoms with E-state index in [9.17, 15) is 14.9 Å². The van der Waals surface area contributed by atoms with Crippen molar-refractivity contribution in [3.63, 3.8) is 0 Å². The standard InChI is InChI=1S/C16H14N4O6S/c1-9(27-16-19-18-15(26-16)13-4-3-7-25-13)14(21)17-11-8-10(20(22)23)5-6-12(11)24-2/h3-9H,1-2H3,(H,17,21)/t9-/m0/s1. The molecule has 27 heavy (non-hydrogen) atoms. The van der Waals surface area contributed by atoms with E-state index < -0.39 is 16.1 Å². The van der Waals surface area contributed by atoms with Crippen LogP contribution < -0.4 is 10.1 Å². The fourth-order valence-corrected chi connectivity index (χ4v) is 2.79. The molecule has 10 nitrogen and oxygen atoms in total. The number of carbonyl (C=O) groups excluding carboxylic acids is 1. The molecule has 0 saturated heterocycles. The summed E-state index contributed by atoms with van der Waals surface area (Å²) in [6, 6.07) is 7.30. The van der Waals surface area contributed by atoms with Gasteiger partial charge in [-0.2, -0.15) is 0 Å². The van der Waals surface area contributed by atoms with Crippen LogP contribution in [0.3, 0.4) is 0 Å². The Balaban J connectivity index is 1.69. The average molecular weight is 390 g/mol. The van der Waals surface area contributed by atoms with Gasteiger partial charge in [0.1, 0.15) is 5.75 Å². The average Bonchev–Trinajstić information content (AvgIpc) is 3.33. The van der Waals surface area contributed by atoms with Gasteiger partial charge >= 0.3 is 0 Å². The third-order valence-electron chi connectivity index (χ3n) is 3.44. The molecule has 0 aliphatic heterocycles.